The van der Waals surface area contributed by atoms with Gasteiger partial charge in [-0.05, 0) is 23.6 Å². The van der Waals surface area contributed by atoms with E-state index in [1.807, 2.05) is 67.7 Å². The molecule has 0 radical (unpaired) electrons. The maximum atomic E-state index is 13.4. The number of nitrogens with zero attached hydrogens (tertiary/aromatic N) is 2. The van der Waals surface area contributed by atoms with E-state index in [0.29, 0.717) is 13.0 Å². The smallest absolute Gasteiger partial charge is 0.330 e. The first-order valence-corrected chi connectivity index (χ1v) is 11.0. The maximum Gasteiger partial charge on any atom is 0.330 e. The largest absolute Gasteiger partial charge is 0.383 e. The summed E-state index contributed by atoms with van der Waals surface area (Å²) >= 11 is 0. The van der Waals surface area contributed by atoms with Crippen molar-refractivity contribution in [1.29, 1.82) is 0 Å². The Balaban J connectivity index is 1.73. The summed E-state index contributed by atoms with van der Waals surface area (Å²) < 4.78 is 1.30. The van der Waals surface area contributed by atoms with Crippen LogP contribution in [-0.4, -0.2) is 27.0 Å². The van der Waals surface area contributed by atoms with E-state index < -0.39 is 11.2 Å². The van der Waals surface area contributed by atoms with Crippen LogP contribution in [0.5, 0.6) is 0 Å². The zero-order valence-electron chi connectivity index (χ0n) is 18.5. The van der Waals surface area contributed by atoms with Crippen LogP contribution in [0.1, 0.15) is 30.9 Å². The number of nitrogens with one attached hydrogen (secondary N) is 2. The Bertz CT molecular complexity index is 1380. The third-order valence-corrected chi connectivity index (χ3v) is 5.72. The molecule has 0 saturated carbocycles. The van der Waals surface area contributed by atoms with Crippen molar-refractivity contribution < 1.29 is 4.79 Å². The minimum atomic E-state index is -0.662. The number of rotatable bonds is 8. The Kier molecular flexibility index (Phi) is 6.44. The van der Waals surface area contributed by atoms with Gasteiger partial charge in [0.25, 0.3) is 5.56 Å². The molecule has 0 atom stereocenters. The van der Waals surface area contributed by atoms with Crippen molar-refractivity contribution in [3.8, 4) is 0 Å². The van der Waals surface area contributed by atoms with Gasteiger partial charge in [0.05, 0.1) is 13.0 Å². The monoisotopic (exact) mass is 445 g/mol. The lowest BCUT2D eigenvalue weighted by Gasteiger charge is -2.24. The number of aromatic amines is 2. The first-order chi connectivity index (χ1) is 16.0. The number of hydrogen-bond donors (Lipinski definition) is 3. The molecule has 0 spiro atoms. The Hall–Kier alpha value is -4.07. The van der Waals surface area contributed by atoms with Crippen molar-refractivity contribution in [3.63, 3.8) is 0 Å². The summed E-state index contributed by atoms with van der Waals surface area (Å²) in [4.78, 5) is 45.8. The van der Waals surface area contributed by atoms with E-state index in [0.717, 1.165) is 28.5 Å². The molecule has 0 unspecified atom stereocenters. The number of carbonyl (C=O) groups excluding carboxylic acids is 1. The molecule has 4 N–H and O–H groups in total. The molecule has 0 aliphatic carbocycles. The quantitative estimate of drug-likeness (QED) is 0.386. The molecule has 33 heavy (non-hydrogen) atoms. The molecule has 0 aliphatic rings. The second kappa shape index (κ2) is 9.60. The summed E-state index contributed by atoms with van der Waals surface area (Å²) in [6.45, 7) is 2.52. The van der Waals surface area contributed by atoms with Crippen LogP contribution in [-0.2, 0) is 17.8 Å². The van der Waals surface area contributed by atoms with Crippen LogP contribution < -0.4 is 21.9 Å². The minimum Gasteiger partial charge on any atom is -0.383 e. The van der Waals surface area contributed by atoms with Crippen molar-refractivity contribution in [1.82, 2.24) is 14.5 Å². The van der Waals surface area contributed by atoms with E-state index >= 15 is 0 Å². The first kappa shape index (κ1) is 22.1. The zero-order valence-corrected chi connectivity index (χ0v) is 18.5. The van der Waals surface area contributed by atoms with E-state index in [2.05, 4.69) is 9.97 Å². The summed E-state index contributed by atoms with van der Waals surface area (Å²) in [6, 6.07) is 17.1. The van der Waals surface area contributed by atoms with E-state index in [-0.39, 0.29) is 30.4 Å². The van der Waals surface area contributed by atoms with Crippen molar-refractivity contribution in [3.05, 3.63) is 92.8 Å². The predicted octanol–water partition coefficient (Wildman–Crippen LogP) is 3.02. The Labute approximate surface area is 190 Å². The molecule has 0 saturated heterocycles. The van der Waals surface area contributed by atoms with Gasteiger partial charge < -0.3 is 15.6 Å². The number of fused-ring (bicyclic) bond motifs is 1. The third kappa shape index (κ3) is 4.59. The van der Waals surface area contributed by atoms with Crippen LogP contribution in [0.4, 0.5) is 11.5 Å². The van der Waals surface area contributed by atoms with E-state index in [4.69, 9.17) is 5.73 Å². The fourth-order valence-electron chi connectivity index (χ4n) is 3.97. The highest BCUT2D eigenvalue weighted by atomic mass is 16.2. The number of aromatic nitrogens is 3. The van der Waals surface area contributed by atoms with Gasteiger partial charge in [-0.25, -0.2) is 4.79 Å². The van der Waals surface area contributed by atoms with Gasteiger partial charge in [-0.3, -0.25) is 19.1 Å². The molecule has 1 amide bonds. The molecule has 2 heterocycles. The summed E-state index contributed by atoms with van der Waals surface area (Å²) in [6.07, 6.45) is 3.43. The lowest BCUT2D eigenvalue weighted by molar-refractivity contribution is -0.118. The Morgan fingerprint density at radius 1 is 1.06 bits per heavy atom. The SMILES string of the molecule is CCCCN(C(=O)Cc1c[nH]c2ccccc12)c1c(N)n(Cc2ccccc2)c(=O)[nH]c1=O. The molecule has 0 fully saturated rings. The number of amides is 1. The second-order valence-corrected chi connectivity index (χ2v) is 8.00. The number of para-hydroxylation sites is 1. The maximum absolute atomic E-state index is 13.4. The molecule has 170 valence electrons. The summed E-state index contributed by atoms with van der Waals surface area (Å²) in [7, 11) is 0. The molecule has 2 aromatic carbocycles. The number of carbonyl (C=O) groups is 1. The average Bonchev–Trinajstić information content (AvgIpc) is 3.22. The van der Waals surface area contributed by atoms with Crippen LogP contribution in [0.15, 0.2) is 70.4 Å². The van der Waals surface area contributed by atoms with Gasteiger partial charge in [-0.1, -0.05) is 61.9 Å². The molecular weight excluding hydrogens is 418 g/mol. The van der Waals surface area contributed by atoms with Crippen LogP contribution in [0.2, 0.25) is 0 Å². The summed E-state index contributed by atoms with van der Waals surface area (Å²) in [5, 5.41) is 0.956. The number of unbranched alkanes of at least 4 members (excludes halogenated alkanes) is 1. The zero-order chi connectivity index (χ0) is 23.4. The molecule has 8 heteroatoms. The standard InChI is InChI=1S/C25H27N5O3/c1-2-3-13-29(21(31)14-18-15-27-20-12-8-7-11-19(18)20)22-23(26)30(25(33)28-24(22)32)16-17-9-5-4-6-10-17/h4-12,15,27H,2-3,13-14,16,26H2,1H3,(H,28,32,33). The Morgan fingerprint density at radius 2 is 1.79 bits per heavy atom. The van der Waals surface area contributed by atoms with Gasteiger partial charge in [0.2, 0.25) is 5.91 Å². The molecule has 2 aromatic heterocycles. The second-order valence-electron chi connectivity index (χ2n) is 8.00. The highest BCUT2D eigenvalue weighted by Gasteiger charge is 2.24. The third-order valence-electron chi connectivity index (χ3n) is 5.72. The van der Waals surface area contributed by atoms with Gasteiger partial charge in [0, 0.05) is 23.6 Å². The lowest BCUT2D eigenvalue weighted by atomic mass is 10.1. The average molecular weight is 446 g/mol. The van der Waals surface area contributed by atoms with Gasteiger partial charge in [0.1, 0.15) is 5.82 Å². The fourth-order valence-corrected chi connectivity index (χ4v) is 3.97. The lowest BCUT2D eigenvalue weighted by Crippen LogP contribution is -2.42. The van der Waals surface area contributed by atoms with Crippen LogP contribution in [0.25, 0.3) is 10.9 Å². The summed E-state index contributed by atoms with van der Waals surface area (Å²) in [5.41, 5.74) is 7.73. The van der Waals surface area contributed by atoms with E-state index in [9.17, 15) is 14.4 Å². The van der Waals surface area contributed by atoms with Crippen LogP contribution in [0.3, 0.4) is 0 Å². The van der Waals surface area contributed by atoms with Gasteiger partial charge in [-0.2, -0.15) is 0 Å². The highest BCUT2D eigenvalue weighted by molar-refractivity contribution is 5.99. The molecule has 4 aromatic rings. The number of nitrogen functional groups attached to an aromatic ring is 1. The highest BCUT2D eigenvalue weighted by Crippen LogP contribution is 2.23. The minimum absolute atomic E-state index is 0.0174. The molecular formula is C25H27N5O3. The van der Waals surface area contributed by atoms with Gasteiger partial charge in [-0.15, -0.1) is 0 Å². The van der Waals surface area contributed by atoms with Crippen LogP contribution >= 0.6 is 0 Å². The number of hydrogen-bond acceptors (Lipinski definition) is 4. The number of H-pyrrole nitrogens is 2. The first-order valence-electron chi connectivity index (χ1n) is 11.0. The van der Waals surface area contributed by atoms with Crippen molar-refractivity contribution in [2.75, 3.05) is 17.2 Å². The number of benzene rings is 2. The van der Waals surface area contributed by atoms with E-state index in [1.165, 1.54) is 9.47 Å². The van der Waals surface area contributed by atoms with Crippen molar-refractivity contribution in [2.45, 2.75) is 32.7 Å². The van der Waals surface area contributed by atoms with Crippen molar-refractivity contribution in [2.24, 2.45) is 0 Å². The fraction of sp³-hybridized carbons (Fsp3) is 0.240. The predicted molar refractivity (Wildman–Crippen MR) is 131 cm³/mol. The van der Waals surface area contributed by atoms with Gasteiger partial charge >= 0.3 is 5.69 Å². The Morgan fingerprint density at radius 3 is 2.55 bits per heavy atom. The topological polar surface area (TPSA) is 117 Å². The summed E-state index contributed by atoms with van der Waals surface area (Å²) in [5.74, 6) is -0.272. The van der Waals surface area contributed by atoms with E-state index in [1.54, 1.807) is 0 Å². The number of nitrogens with two attached hydrogens (primary N) is 1. The van der Waals surface area contributed by atoms with Gasteiger partial charge in [0.15, 0.2) is 5.69 Å². The number of anilines is 2. The van der Waals surface area contributed by atoms with Crippen LogP contribution in [0, 0.1) is 0 Å². The molecule has 0 bridgehead atoms. The molecule has 8 nitrogen and oxygen atoms in total. The normalized spacial score (nSPS) is 11.1. The molecule has 0 aliphatic heterocycles. The van der Waals surface area contributed by atoms with Crippen molar-refractivity contribution >= 4 is 28.3 Å². The molecule has 4 rings (SSSR count).